The maximum absolute atomic E-state index is 12.4. The quantitative estimate of drug-likeness (QED) is 0.511. The van der Waals surface area contributed by atoms with E-state index < -0.39 is 0 Å². The van der Waals surface area contributed by atoms with Gasteiger partial charge in [0.05, 0.1) is 0 Å². The molecule has 0 aliphatic carbocycles. The van der Waals surface area contributed by atoms with Crippen LogP contribution in [-0.2, 0) is 14.9 Å². The molecule has 0 atom stereocenters. The molecule has 0 aromatic heterocycles. The minimum Gasteiger partial charge on any atom is -0.385 e. The zero-order valence-electron chi connectivity index (χ0n) is 14.2. The first-order chi connectivity index (χ1) is 10.8. The maximum Gasteiger partial charge on any atom is 0.276 e. The minimum absolute atomic E-state index is 0.0778. The van der Waals surface area contributed by atoms with Gasteiger partial charge in [-0.25, -0.2) is 0 Å². The fraction of sp³-hybridized carbons (Fsp3) is 0.444. The van der Waals surface area contributed by atoms with Crippen LogP contribution < -0.4 is 5.32 Å². The van der Waals surface area contributed by atoms with Crippen molar-refractivity contribution in [3.05, 3.63) is 41.1 Å². The van der Waals surface area contributed by atoms with E-state index in [1.54, 1.807) is 12.0 Å². The number of benzene rings is 1. The standard InChI is InChI=1S/C18H24N2O2S/c1-18(2,3)14-8-6-13(7-9-14)12-15-16(21)20(17(23)19-15)10-5-11-22-4/h6-9,12H,5,10-11H2,1-4H3,(H,19,23)/b15-12+. The number of carbonyl (C=O) groups excluding carboxylic acids is 1. The molecular weight excluding hydrogens is 308 g/mol. The lowest BCUT2D eigenvalue weighted by atomic mass is 9.87. The molecule has 1 aliphatic heterocycles. The van der Waals surface area contributed by atoms with Crippen LogP contribution in [0.15, 0.2) is 30.0 Å². The Hall–Kier alpha value is -1.72. The highest BCUT2D eigenvalue weighted by Gasteiger charge is 2.29. The van der Waals surface area contributed by atoms with E-state index in [0.717, 1.165) is 12.0 Å². The van der Waals surface area contributed by atoms with Gasteiger partial charge in [0, 0.05) is 20.3 Å². The van der Waals surface area contributed by atoms with E-state index in [4.69, 9.17) is 17.0 Å². The van der Waals surface area contributed by atoms with Crippen LogP contribution in [0.25, 0.3) is 6.08 Å². The Morgan fingerprint density at radius 1 is 1.26 bits per heavy atom. The lowest BCUT2D eigenvalue weighted by molar-refractivity contribution is -0.122. The summed E-state index contributed by atoms with van der Waals surface area (Å²) >= 11 is 5.24. The third kappa shape index (κ3) is 4.39. The molecule has 0 spiro atoms. The molecule has 0 unspecified atom stereocenters. The number of hydrogen-bond acceptors (Lipinski definition) is 3. The van der Waals surface area contributed by atoms with Crippen LogP contribution in [0.1, 0.15) is 38.3 Å². The Bertz CT molecular complexity index is 615. The zero-order valence-corrected chi connectivity index (χ0v) is 15.0. The fourth-order valence-electron chi connectivity index (χ4n) is 2.39. The Morgan fingerprint density at radius 2 is 1.91 bits per heavy atom. The van der Waals surface area contributed by atoms with Crippen molar-refractivity contribution < 1.29 is 9.53 Å². The van der Waals surface area contributed by atoms with Crippen LogP contribution >= 0.6 is 12.2 Å². The van der Waals surface area contributed by atoms with Gasteiger partial charge in [-0.3, -0.25) is 9.69 Å². The Labute approximate surface area is 143 Å². The second-order valence-corrected chi connectivity index (χ2v) is 7.05. The molecule has 1 aromatic carbocycles. The summed E-state index contributed by atoms with van der Waals surface area (Å²) in [6.45, 7) is 7.72. The second-order valence-electron chi connectivity index (χ2n) is 6.66. The highest BCUT2D eigenvalue weighted by molar-refractivity contribution is 7.80. The van der Waals surface area contributed by atoms with Crippen molar-refractivity contribution in [1.29, 1.82) is 0 Å². The zero-order chi connectivity index (χ0) is 17.0. The fourth-order valence-corrected chi connectivity index (χ4v) is 2.67. The van der Waals surface area contributed by atoms with E-state index in [1.807, 2.05) is 18.2 Å². The molecule has 1 amide bonds. The number of carbonyl (C=O) groups is 1. The maximum atomic E-state index is 12.4. The van der Waals surface area contributed by atoms with Gasteiger partial charge in [0.15, 0.2) is 5.11 Å². The highest BCUT2D eigenvalue weighted by atomic mass is 32.1. The van der Waals surface area contributed by atoms with Crippen LogP contribution in [0.2, 0.25) is 0 Å². The van der Waals surface area contributed by atoms with Crippen molar-refractivity contribution in [3.63, 3.8) is 0 Å². The molecule has 2 rings (SSSR count). The van der Waals surface area contributed by atoms with E-state index >= 15 is 0 Å². The van der Waals surface area contributed by atoms with Crippen LogP contribution in [0.5, 0.6) is 0 Å². The summed E-state index contributed by atoms with van der Waals surface area (Å²) in [6, 6.07) is 8.25. The third-order valence-corrected chi connectivity index (χ3v) is 4.10. The molecular formula is C18H24N2O2S. The van der Waals surface area contributed by atoms with Crippen LogP contribution in [0, 0.1) is 0 Å². The molecule has 23 heavy (non-hydrogen) atoms. The second kappa shape index (κ2) is 7.23. The number of amides is 1. The van der Waals surface area contributed by atoms with Gasteiger partial charge in [-0.15, -0.1) is 0 Å². The lowest BCUT2D eigenvalue weighted by Crippen LogP contribution is -2.32. The molecule has 1 fully saturated rings. The monoisotopic (exact) mass is 332 g/mol. The molecule has 4 nitrogen and oxygen atoms in total. The average Bonchev–Trinajstić information content (AvgIpc) is 2.74. The van der Waals surface area contributed by atoms with Gasteiger partial charge in [-0.1, -0.05) is 45.0 Å². The van der Waals surface area contributed by atoms with Gasteiger partial charge in [-0.2, -0.15) is 0 Å². The Kier molecular flexibility index (Phi) is 5.55. The predicted molar refractivity (Wildman–Crippen MR) is 97.1 cm³/mol. The van der Waals surface area contributed by atoms with Crippen LogP contribution in [0.3, 0.4) is 0 Å². The smallest absolute Gasteiger partial charge is 0.276 e. The van der Waals surface area contributed by atoms with Crippen molar-refractivity contribution in [2.75, 3.05) is 20.3 Å². The van der Waals surface area contributed by atoms with Gasteiger partial charge in [0.1, 0.15) is 5.70 Å². The summed E-state index contributed by atoms with van der Waals surface area (Å²) in [5, 5.41) is 3.46. The van der Waals surface area contributed by atoms with Crippen LogP contribution in [0.4, 0.5) is 0 Å². The first-order valence-corrected chi connectivity index (χ1v) is 8.18. The van der Waals surface area contributed by atoms with E-state index in [2.05, 4.69) is 38.2 Å². The van der Waals surface area contributed by atoms with Crippen molar-refractivity contribution in [1.82, 2.24) is 10.2 Å². The van der Waals surface area contributed by atoms with Gasteiger partial charge in [-0.05, 0) is 41.3 Å². The van der Waals surface area contributed by atoms with Crippen molar-refractivity contribution in [2.45, 2.75) is 32.6 Å². The predicted octanol–water partition coefficient (Wildman–Crippen LogP) is 3.08. The molecule has 0 radical (unpaired) electrons. The van der Waals surface area contributed by atoms with E-state index in [1.165, 1.54) is 5.56 Å². The number of nitrogens with one attached hydrogen (secondary N) is 1. The number of methoxy groups -OCH3 is 1. The lowest BCUT2D eigenvalue weighted by Gasteiger charge is -2.18. The summed E-state index contributed by atoms with van der Waals surface area (Å²) in [4.78, 5) is 14.0. The number of rotatable bonds is 5. The number of thiocarbonyl (C=S) groups is 1. The van der Waals surface area contributed by atoms with Crippen molar-refractivity contribution in [3.8, 4) is 0 Å². The SMILES string of the molecule is COCCCN1C(=O)/C(=C\c2ccc(C(C)(C)C)cc2)NC1=S. The van der Waals surface area contributed by atoms with E-state index in [0.29, 0.717) is 24.0 Å². The number of hydrogen-bond donors (Lipinski definition) is 1. The molecule has 0 bridgehead atoms. The highest BCUT2D eigenvalue weighted by Crippen LogP contribution is 2.23. The van der Waals surface area contributed by atoms with Crippen molar-refractivity contribution >= 4 is 29.3 Å². The third-order valence-electron chi connectivity index (χ3n) is 3.78. The van der Waals surface area contributed by atoms with Crippen molar-refractivity contribution in [2.24, 2.45) is 0 Å². The van der Waals surface area contributed by atoms with Gasteiger partial charge < -0.3 is 10.1 Å². The van der Waals surface area contributed by atoms with Gasteiger partial charge >= 0.3 is 0 Å². The first kappa shape index (κ1) is 17.6. The summed E-state index contributed by atoms with van der Waals surface area (Å²) in [7, 11) is 1.65. The molecule has 124 valence electrons. The number of ether oxygens (including phenoxy) is 1. The summed E-state index contributed by atoms with van der Waals surface area (Å²) in [6.07, 6.45) is 2.61. The van der Waals surface area contributed by atoms with E-state index in [9.17, 15) is 4.79 Å². The largest absolute Gasteiger partial charge is 0.385 e. The number of nitrogens with zero attached hydrogens (tertiary/aromatic N) is 1. The first-order valence-electron chi connectivity index (χ1n) is 7.77. The van der Waals surface area contributed by atoms with Crippen LogP contribution in [-0.4, -0.2) is 36.2 Å². The Morgan fingerprint density at radius 3 is 2.48 bits per heavy atom. The minimum atomic E-state index is -0.0778. The summed E-state index contributed by atoms with van der Waals surface area (Å²) < 4.78 is 5.02. The van der Waals surface area contributed by atoms with Gasteiger partial charge in [0.2, 0.25) is 0 Å². The molecule has 1 aliphatic rings. The molecule has 1 saturated heterocycles. The molecule has 1 N–H and O–H groups in total. The Balaban J connectivity index is 2.11. The van der Waals surface area contributed by atoms with Gasteiger partial charge in [0.25, 0.3) is 5.91 Å². The molecule has 0 saturated carbocycles. The topological polar surface area (TPSA) is 41.6 Å². The normalized spacial score (nSPS) is 17.0. The summed E-state index contributed by atoms with van der Waals surface area (Å²) in [5.41, 5.74) is 2.89. The molecule has 5 heteroatoms. The average molecular weight is 332 g/mol. The summed E-state index contributed by atoms with van der Waals surface area (Å²) in [5.74, 6) is -0.0778. The van der Waals surface area contributed by atoms with E-state index in [-0.39, 0.29) is 11.3 Å². The molecule has 1 heterocycles. The molecule has 1 aromatic rings.